The van der Waals surface area contributed by atoms with Gasteiger partial charge in [0.25, 0.3) is 0 Å². The molecule has 0 aliphatic carbocycles. The molecule has 0 aliphatic heterocycles. The monoisotopic (exact) mass is 109 g/mol. The zero-order chi connectivity index (χ0) is 5.98. The first-order valence-electron chi connectivity index (χ1n) is 2.65. The number of aromatic nitrogens is 3. The van der Waals surface area contributed by atoms with E-state index in [1.165, 1.54) is 0 Å². The van der Waals surface area contributed by atoms with Crippen LogP contribution in [0.15, 0.2) is 12.7 Å². The lowest BCUT2D eigenvalue weighted by Crippen LogP contribution is -2.03. The average molecular weight is 109 g/mol. The fraction of sp³-hybridized carbons (Fsp3) is 0.500. The molecule has 1 unspecified atom stereocenters. The summed E-state index contributed by atoms with van der Waals surface area (Å²) in [7, 11) is 2.06. The molecule has 4 heteroatoms. The maximum absolute atomic E-state index is 3.92. The van der Waals surface area contributed by atoms with Crippen molar-refractivity contribution in [1.82, 2.24) is 14.8 Å². The van der Waals surface area contributed by atoms with E-state index < -0.39 is 0 Å². The molecule has 0 aromatic carbocycles. The van der Waals surface area contributed by atoms with Crippen molar-refractivity contribution in [3.05, 3.63) is 12.7 Å². The highest BCUT2D eigenvalue weighted by molar-refractivity contribution is 6.09. The fourth-order valence-electron chi connectivity index (χ4n) is 0.484. The van der Waals surface area contributed by atoms with Crippen LogP contribution in [0.1, 0.15) is 12.9 Å². The first kappa shape index (κ1) is 5.34. The molecular formula is C4H8BN3. The van der Waals surface area contributed by atoms with Crippen molar-refractivity contribution in [2.24, 2.45) is 0 Å². The predicted molar refractivity (Wildman–Crippen MR) is 33.3 cm³/mol. The maximum atomic E-state index is 3.92. The summed E-state index contributed by atoms with van der Waals surface area (Å²) in [5.41, 5.74) is 0. The summed E-state index contributed by atoms with van der Waals surface area (Å²) in [6.07, 6.45) is 3.25. The van der Waals surface area contributed by atoms with E-state index in [0.29, 0.717) is 5.94 Å². The van der Waals surface area contributed by atoms with Crippen molar-refractivity contribution in [1.29, 1.82) is 0 Å². The van der Waals surface area contributed by atoms with E-state index in [0.717, 1.165) is 0 Å². The fourth-order valence-corrected chi connectivity index (χ4v) is 0.484. The lowest BCUT2D eigenvalue weighted by atomic mass is 10.00. The molecule has 42 valence electrons. The van der Waals surface area contributed by atoms with Crippen LogP contribution in [-0.2, 0) is 0 Å². The Morgan fingerprint density at radius 3 is 2.75 bits per heavy atom. The van der Waals surface area contributed by atoms with Gasteiger partial charge in [0.1, 0.15) is 20.5 Å². The smallest absolute Gasteiger partial charge is 0.137 e. The minimum Gasteiger partial charge on any atom is -0.259 e. The summed E-state index contributed by atoms with van der Waals surface area (Å²) in [5, 5.41) is 3.92. The van der Waals surface area contributed by atoms with Gasteiger partial charge in [-0.15, -0.1) is 0 Å². The zero-order valence-corrected chi connectivity index (χ0v) is 5.07. The second kappa shape index (κ2) is 1.98. The van der Waals surface area contributed by atoms with Gasteiger partial charge in [0.15, 0.2) is 0 Å². The number of hydrogen-bond acceptors (Lipinski definition) is 2. The van der Waals surface area contributed by atoms with Crippen LogP contribution >= 0.6 is 0 Å². The highest BCUT2D eigenvalue weighted by Gasteiger charge is 1.93. The van der Waals surface area contributed by atoms with Gasteiger partial charge in [-0.25, -0.2) is 4.98 Å². The Bertz CT molecular complexity index is 146. The van der Waals surface area contributed by atoms with Crippen molar-refractivity contribution in [3.63, 3.8) is 0 Å². The third kappa shape index (κ3) is 0.884. The van der Waals surface area contributed by atoms with Crippen molar-refractivity contribution < 1.29 is 0 Å². The van der Waals surface area contributed by atoms with Crippen LogP contribution in [0.3, 0.4) is 0 Å². The van der Waals surface area contributed by atoms with Crippen LogP contribution in [-0.4, -0.2) is 22.6 Å². The Morgan fingerprint density at radius 1 is 1.75 bits per heavy atom. The molecule has 1 heterocycles. The second-order valence-corrected chi connectivity index (χ2v) is 1.97. The Balaban J connectivity index is 2.77. The first-order valence-corrected chi connectivity index (χ1v) is 2.65. The van der Waals surface area contributed by atoms with Crippen molar-refractivity contribution in [3.8, 4) is 0 Å². The molecule has 0 radical (unpaired) electrons. The van der Waals surface area contributed by atoms with E-state index in [1.54, 1.807) is 17.3 Å². The summed E-state index contributed by atoms with van der Waals surface area (Å²) in [5.74, 6) is 0.428. The normalized spacial score (nSPS) is 13.6. The average Bonchev–Trinajstić information content (AvgIpc) is 2.12. The van der Waals surface area contributed by atoms with Crippen LogP contribution < -0.4 is 0 Å². The Morgan fingerprint density at radius 2 is 2.50 bits per heavy atom. The standard InChI is InChI=1S/C4H8BN3/c1-4(5)8-3-6-2-7-8/h2-4H,5H2,1H3. The molecule has 0 spiro atoms. The van der Waals surface area contributed by atoms with Gasteiger partial charge < -0.3 is 0 Å². The molecule has 0 N–H and O–H groups in total. The van der Waals surface area contributed by atoms with Gasteiger partial charge in [-0.2, -0.15) is 5.10 Å². The molecule has 0 aliphatic rings. The van der Waals surface area contributed by atoms with E-state index >= 15 is 0 Å². The third-order valence-corrected chi connectivity index (χ3v) is 0.966. The maximum Gasteiger partial charge on any atom is 0.137 e. The lowest BCUT2D eigenvalue weighted by molar-refractivity contribution is 0.630. The van der Waals surface area contributed by atoms with Crippen LogP contribution in [0.25, 0.3) is 0 Å². The van der Waals surface area contributed by atoms with Gasteiger partial charge in [-0.3, -0.25) is 4.68 Å². The second-order valence-electron chi connectivity index (χ2n) is 1.97. The van der Waals surface area contributed by atoms with Gasteiger partial charge in [0, 0.05) is 5.94 Å². The topological polar surface area (TPSA) is 30.7 Å². The SMILES string of the molecule is BC(C)n1cncn1. The molecule has 3 nitrogen and oxygen atoms in total. The molecule has 0 amide bonds. The van der Waals surface area contributed by atoms with Crippen LogP contribution in [0.5, 0.6) is 0 Å². The van der Waals surface area contributed by atoms with E-state index in [1.807, 2.05) is 0 Å². The van der Waals surface area contributed by atoms with E-state index in [9.17, 15) is 0 Å². The molecule has 8 heavy (non-hydrogen) atoms. The summed E-state index contributed by atoms with van der Waals surface area (Å²) < 4.78 is 1.81. The van der Waals surface area contributed by atoms with Crippen molar-refractivity contribution >= 4 is 7.85 Å². The zero-order valence-electron chi connectivity index (χ0n) is 5.07. The summed E-state index contributed by atoms with van der Waals surface area (Å²) in [4.78, 5) is 3.80. The minimum absolute atomic E-state index is 0.428. The predicted octanol–water partition coefficient (Wildman–Crippen LogP) is -0.570. The van der Waals surface area contributed by atoms with Crippen molar-refractivity contribution in [2.75, 3.05) is 0 Å². The van der Waals surface area contributed by atoms with E-state index in [-0.39, 0.29) is 0 Å². The Hall–Kier alpha value is -0.795. The number of hydrogen-bond donors (Lipinski definition) is 0. The molecule has 0 bridgehead atoms. The van der Waals surface area contributed by atoms with E-state index in [4.69, 9.17) is 0 Å². The molecule has 1 aromatic heterocycles. The molecule has 1 atom stereocenters. The molecule has 0 fully saturated rings. The highest BCUT2D eigenvalue weighted by Crippen LogP contribution is 1.91. The molecule has 0 saturated carbocycles. The van der Waals surface area contributed by atoms with Gasteiger partial charge in [0.05, 0.1) is 0 Å². The molecular weight excluding hydrogens is 101 g/mol. The quantitative estimate of drug-likeness (QED) is 0.452. The highest BCUT2D eigenvalue weighted by atomic mass is 15.3. The number of rotatable bonds is 1. The van der Waals surface area contributed by atoms with Crippen LogP contribution in [0.2, 0.25) is 0 Å². The summed E-state index contributed by atoms with van der Waals surface area (Å²) in [6, 6.07) is 0. The van der Waals surface area contributed by atoms with E-state index in [2.05, 4.69) is 24.9 Å². The Kier molecular flexibility index (Phi) is 1.33. The lowest BCUT2D eigenvalue weighted by Gasteiger charge is -2.00. The van der Waals surface area contributed by atoms with Crippen LogP contribution in [0, 0.1) is 0 Å². The van der Waals surface area contributed by atoms with Crippen molar-refractivity contribution in [2.45, 2.75) is 12.9 Å². The summed E-state index contributed by atoms with van der Waals surface area (Å²) in [6.45, 7) is 2.06. The molecule has 0 saturated heterocycles. The van der Waals surface area contributed by atoms with Gasteiger partial charge in [-0.05, 0) is 0 Å². The largest absolute Gasteiger partial charge is 0.259 e. The summed E-state index contributed by atoms with van der Waals surface area (Å²) >= 11 is 0. The van der Waals surface area contributed by atoms with Gasteiger partial charge in [0.2, 0.25) is 0 Å². The minimum atomic E-state index is 0.428. The van der Waals surface area contributed by atoms with Crippen LogP contribution in [0.4, 0.5) is 0 Å². The molecule has 1 aromatic rings. The Labute approximate surface area is 49.1 Å². The van der Waals surface area contributed by atoms with Gasteiger partial charge >= 0.3 is 0 Å². The molecule has 1 rings (SSSR count). The third-order valence-electron chi connectivity index (χ3n) is 0.966. The first-order chi connectivity index (χ1) is 3.80. The van der Waals surface area contributed by atoms with Gasteiger partial charge in [-0.1, -0.05) is 6.92 Å². The number of nitrogens with zero attached hydrogens (tertiary/aromatic N) is 3.